The van der Waals surface area contributed by atoms with Gasteiger partial charge >= 0.3 is 0 Å². The van der Waals surface area contributed by atoms with Crippen LogP contribution < -0.4 is 0 Å². The third-order valence-corrected chi connectivity index (χ3v) is 0.843. The van der Waals surface area contributed by atoms with Crippen LogP contribution in [0.1, 0.15) is 5.69 Å². The Morgan fingerprint density at radius 3 is 3.00 bits per heavy atom. The van der Waals surface area contributed by atoms with Crippen molar-refractivity contribution in [2.45, 2.75) is 6.54 Å². The fraction of sp³-hybridized carbons (Fsp3) is 0.200. The van der Waals surface area contributed by atoms with Gasteiger partial charge in [0.25, 0.3) is 0 Å². The Hall–Kier alpha value is -1.32. The van der Waals surface area contributed by atoms with Gasteiger partial charge in [0.15, 0.2) is 0 Å². The molecule has 0 spiro atoms. The Morgan fingerprint density at radius 2 is 2.44 bits per heavy atom. The van der Waals surface area contributed by atoms with Gasteiger partial charge in [-0.15, -0.1) is 0 Å². The Bertz CT molecular complexity index is 187. The molecular formula is C5H5N3O. The topological polar surface area (TPSA) is 55.2 Å². The SMILES string of the molecule is O=NCc1cnccn1. The van der Waals surface area contributed by atoms with E-state index in [-0.39, 0.29) is 6.54 Å². The highest BCUT2D eigenvalue weighted by molar-refractivity contribution is 4.93. The minimum Gasteiger partial charge on any atom is -0.261 e. The summed E-state index contributed by atoms with van der Waals surface area (Å²) in [6, 6.07) is 0. The Kier molecular flexibility index (Phi) is 1.85. The molecule has 0 fully saturated rings. The predicted molar refractivity (Wildman–Crippen MR) is 31.5 cm³/mol. The largest absolute Gasteiger partial charge is 0.261 e. The number of nitrogens with zero attached hydrogens (tertiary/aromatic N) is 3. The van der Waals surface area contributed by atoms with E-state index >= 15 is 0 Å². The predicted octanol–water partition coefficient (Wildman–Crippen LogP) is 0.743. The molecule has 4 heteroatoms. The lowest BCUT2D eigenvalue weighted by atomic mass is 10.5. The van der Waals surface area contributed by atoms with Crippen molar-refractivity contribution >= 4 is 0 Å². The second-order valence-corrected chi connectivity index (χ2v) is 1.48. The Balaban J connectivity index is 2.72. The zero-order chi connectivity index (χ0) is 6.53. The Labute approximate surface area is 51.9 Å². The molecule has 0 bridgehead atoms. The first kappa shape index (κ1) is 5.81. The van der Waals surface area contributed by atoms with E-state index in [2.05, 4.69) is 15.1 Å². The summed E-state index contributed by atoms with van der Waals surface area (Å²) in [7, 11) is 0. The lowest BCUT2D eigenvalue weighted by molar-refractivity contribution is 0.956. The van der Waals surface area contributed by atoms with Gasteiger partial charge in [-0.25, -0.2) is 0 Å². The van der Waals surface area contributed by atoms with Gasteiger partial charge in [0.05, 0.1) is 11.9 Å². The smallest absolute Gasteiger partial charge is 0.125 e. The van der Waals surface area contributed by atoms with Crippen LogP contribution in [0.2, 0.25) is 0 Å². The molecule has 1 aromatic rings. The summed E-state index contributed by atoms with van der Waals surface area (Å²) in [5.74, 6) is 0. The van der Waals surface area contributed by atoms with Crippen LogP contribution in [0.25, 0.3) is 0 Å². The molecule has 0 amide bonds. The molecule has 1 heterocycles. The summed E-state index contributed by atoms with van der Waals surface area (Å²) in [5.41, 5.74) is 0.604. The first-order valence-corrected chi connectivity index (χ1v) is 2.47. The molecule has 46 valence electrons. The molecular weight excluding hydrogens is 118 g/mol. The standard InChI is InChI=1S/C5H5N3O/c9-8-4-5-3-6-1-2-7-5/h1-3H,4H2. The highest BCUT2D eigenvalue weighted by Crippen LogP contribution is 1.90. The zero-order valence-corrected chi connectivity index (χ0v) is 4.69. The monoisotopic (exact) mass is 123 g/mol. The minimum absolute atomic E-state index is 0.105. The summed E-state index contributed by atoms with van der Waals surface area (Å²) >= 11 is 0. The van der Waals surface area contributed by atoms with Gasteiger partial charge in [-0.05, 0) is 0 Å². The van der Waals surface area contributed by atoms with E-state index in [1.54, 1.807) is 6.20 Å². The molecule has 0 N–H and O–H groups in total. The molecule has 0 saturated heterocycles. The van der Waals surface area contributed by atoms with Crippen LogP contribution in [0.3, 0.4) is 0 Å². The van der Waals surface area contributed by atoms with E-state index in [0.717, 1.165) is 0 Å². The fourth-order valence-electron chi connectivity index (χ4n) is 0.478. The maximum absolute atomic E-state index is 9.66. The van der Waals surface area contributed by atoms with Crippen molar-refractivity contribution < 1.29 is 0 Å². The van der Waals surface area contributed by atoms with E-state index in [1.165, 1.54) is 12.4 Å². The number of hydrogen-bond donors (Lipinski definition) is 0. The molecule has 1 aromatic heterocycles. The molecule has 0 saturated carbocycles. The highest BCUT2D eigenvalue weighted by Gasteiger charge is 1.88. The van der Waals surface area contributed by atoms with Crippen LogP contribution in [0, 0.1) is 4.91 Å². The number of rotatable bonds is 2. The van der Waals surface area contributed by atoms with Gasteiger partial charge in [0, 0.05) is 12.4 Å². The maximum atomic E-state index is 9.66. The summed E-state index contributed by atoms with van der Waals surface area (Å²) in [6.07, 6.45) is 4.59. The summed E-state index contributed by atoms with van der Waals surface area (Å²) in [4.78, 5) is 17.2. The number of nitroso groups, excluding NO2 is 1. The van der Waals surface area contributed by atoms with Gasteiger partial charge in [0.2, 0.25) is 0 Å². The number of hydrogen-bond acceptors (Lipinski definition) is 4. The molecule has 0 unspecified atom stereocenters. The fourth-order valence-corrected chi connectivity index (χ4v) is 0.478. The normalized spacial score (nSPS) is 8.89. The lowest BCUT2D eigenvalue weighted by Gasteiger charge is -1.86. The van der Waals surface area contributed by atoms with E-state index in [1.807, 2.05) is 0 Å². The average molecular weight is 123 g/mol. The first-order chi connectivity index (χ1) is 4.43. The molecule has 0 aromatic carbocycles. The molecule has 0 radical (unpaired) electrons. The van der Waals surface area contributed by atoms with Gasteiger partial charge in [-0.3, -0.25) is 9.97 Å². The van der Waals surface area contributed by atoms with E-state index in [9.17, 15) is 4.91 Å². The minimum atomic E-state index is 0.105. The van der Waals surface area contributed by atoms with Crippen LogP contribution in [0.5, 0.6) is 0 Å². The van der Waals surface area contributed by atoms with Gasteiger partial charge in [-0.1, -0.05) is 5.18 Å². The van der Waals surface area contributed by atoms with E-state index < -0.39 is 0 Å². The van der Waals surface area contributed by atoms with E-state index in [0.29, 0.717) is 5.69 Å². The second kappa shape index (κ2) is 2.86. The van der Waals surface area contributed by atoms with Crippen molar-refractivity contribution in [3.05, 3.63) is 29.2 Å². The second-order valence-electron chi connectivity index (χ2n) is 1.48. The molecule has 0 atom stereocenters. The van der Waals surface area contributed by atoms with Crippen molar-refractivity contribution in [1.29, 1.82) is 0 Å². The summed E-state index contributed by atoms with van der Waals surface area (Å²) < 4.78 is 0. The van der Waals surface area contributed by atoms with Crippen LogP contribution in [0.15, 0.2) is 23.8 Å². The maximum Gasteiger partial charge on any atom is 0.125 e. The van der Waals surface area contributed by atoms with Crippen LogP contribution in [-0.2, 0) is 6.54 Å². The van der Waals surface area contributed by atoms with Crippen molar-refractivity contribution in [3.8, 4) is 0 Å². The summed E-state index contributed by atoms with van der Waals surface area (Å²) in [6.45, 7) is 0.105. The molecule has 4 nitrogen and oxygen atoms in total. The summed E-state index contributed by atoms with van der Waals surface area (Å²) in [5, 5.41) is 2.65. The highest BCUT2D eigenvalue weighted by atomic mass is 16.3. The third kappa shape index (κ3) is 1.56. The van der Waals surface area contributed by atoms with E-state index in [4.69, 9.17) is 0 Å². The molecule has 1 rings (SSSR count). The first-order valence-electron chi connectivity index (χ1n) is 2.47. The van der Waals surface area contributed by atoms with Crippen LogP contribution in [0.4, 0.5) is 0 Å². The van der Waals surface area contributed by atoms with Crippen LogP contribution >= 0.6 is 0 Å². The third-order valence-electron chi connectivity index (χ3n) is 0.843. The lowest BCUT2D eigenvalue weighted by Crippen LogP contribution is -1.85. The van der Waals surface area contributed by atoms with Crippen molar-refractivity contribution in [2.75, 3.05) is 0 Å². The van der Waals surface area contributed by atoms with Crippen molar-refractivity contribution in [2.24, 2.45) is 5.18 Å². The number of aromatic nitrogens is 2. The Morgan fingerprint density at radius 1 is 1.56 bits per heavy atom. The molecule has 0 aliphatic heterocycles. The van der Waals surface area contributed by atoms with Gasteiger partial charge in [0.1, 0.15) is 6.54 Å². The van der Waals surface area contributed by atoms with Crippen LogP contribution in [-0.4, -0.2) is 9.97 Å². The van der Waals surface area contributed by atoms with Gasteiger partial charge < -0.3 is 0 Å². The molecule has 0 aliphatic carbocycles. The zero-order valence-electron chi connectivity index (χ0n) is 4.69. The molecule has 9 heavy (non-hydrogen) atoms. The average Bonchev–Trinajstić information content (AvgIpc) is 1.91. The van der Waals surface area contributed by atoms with Gasteiger partial charge in [-0.2, -0.15) is 4.91 Å². The van der Waals surface area contributed by atoms with Crippen molar-refractivity contribution in [3.63, 3.8) is 0 Å². The van der Waals surface area contributed by atoms with Crippen molar-refractivity contribution in [1.82, 2.24) is 9.97 Å². The quantitative estimate of drug-likeness (QED) is 0.545. The molecule has 0 aliphatic rings.